The predicted octanol–water partition coefficient (Wildman–Crippen LogP) is 6.12. The zero-order chi connectivity index (χ0) is 21.0. The number of aliphatic hydroxyl groups is 2. The van der Waals surface area contributed by atoms with Gasteiger partial charge in [-0.1, -0.05) is 27.4 Å². The maximum Gasteiger partial charge on any atom is 0.0851 e. The van der Waals surface area contributed by atoms with Gasteiger partial charge in [-0.3, -0.25) is 0 Å². The summed E-state index contributed by atoms with van der Waals surface area (Å²) < 4.78 is 5.72. The fraction of sp³-hybridized carbons (Fsp3) is 0.923. The molecule has 0 aliphatic heterocycles. The highest BCUT2D eigenvalue weighted by Gasteiger charge is 2.62. The fourth-order valence-electron chi connectivity index (χ4n) is 8.97. The Hall–Kier alpha value is -0.540. The maximum atomic E-state index is 11.4. The van der Waals surface area contributed by atoms with Gasteiger partial charge in [-0.15, -0.1) is 0 Å². The minimum absolute atomic E-state index is 0.135. The van der Waals surface area contributed by atoms with Gasteiger partial charge in [-0.2, -0.15) is 0 Å². The molecular formula is C26H44O3. The van der Waals surface area contributed by atoms with Gasteiger partial charge < -0.3 is 14.9 Å². The number of methoxy groups -OCH3 is 1. The number of aliphatic hydroxyl groups excluding tert-OH is 2. The molecule has 10 unspecified atom stereocenters. The predicted molar refractivity (Wildman–Crippen MR) is 118 cm³/mol. The Balaban J connectivity index is 1.54. The molecule has 0 aromatic carbocycles. The third-order valence-corrected chi connectivity index (χ3v) is 10.6. The van der Waals surface area contributed by atoms with Crippen LogP contribution in [0.2, 0.25) is 0 Å². The van der Waals surface area contributed by atoms with Gasteiger partial charge >= 0.3 is 0 Å². The lowest BCUT2D eigenvalue weighted by atomic mass is 9.43. The summed E-state index contributed by atoms with van der Waals surface area (Å²) in [4.78, 5) is 0. The van der Waals surface area contributed by atoms with Crippen molar-refractivity contribution in [3.8, 4) is 0 Å². The summed E-state index contributed by atoms with van der Waals surface area (Å²) in [6.07, 6.45) is 11.8. The van der Waals surface area contributed by atoms with Gasteiger partial charge in [0.25, 0.3) is 0 Å². The van der Waals surface area contributed by atoms with Crippen molar-refractivity contribution in [1.82, 2.24) is 0 Å². The molecule has 4 rings (SSSR count). The second kappa shape index (κ2) is 7.86. The van der Waals surface area contributed by atoms with Crippen molar-refractivity contribution in [1.29, 1.82) is 0 Å². The number of hydrogen-bond donors (Lipinski definition) is 2. The molecule has 29 heavy (non-hydrogen) atoms. The van der Waals surface area contributed by atoms with E-state index in [1.54, 1.807) is 0 Å². The van der Waals surface area contributed by atoms with E-state index in [1.807, 2.05) is 7.11 Å². The molecule has 3 heteroatoms. The van der Waals surface area contributed by atoms with Crippen LogP contribution in [-0.2, 0) is 4.74 Å². The third-order valence-electron chi connectivity index (χ3n) is 10.6. The molecule has 0 radical (unpaired) electrons. The Labute approximate surface area is 178 Å². The van der Waals surface area contributed by atoms with E-state index in [0.717, 1.165) is 31.6 Å². The molecular weight excluding hydrogens is 360 g/mol. The van der Waals surface area contributed by atoms with Crippen LogP contribution in [0.15, 0.2) is 12.3 Å². The van der Waals surface area contributed by atoms with E-state index < -0.39 is 0 Å². The van der Waals surface area contributed by atoms with Crippen molar-refractivity contribution in [2.24, 2.45) is 46.3 Å². The van der Waals surface area contributed by atoms with E-state index in [2.05, 4.69) is 27.4 Å². The molecule has 166 valence electrons. The average Bonchev–Trinajstić information content (AvgIpc) is 3.03. The molecule has 0 bridgehead atoms. The number of ether oxygens (including phenoxy) is 1. The molecule has 4 aliphatic carbocycles. The first kappa shape index (κ1) is 21.7. The molecule has 0 spiro atoms. The lowest BCUT2D eigenvalue weighted by molar-refractivity contribution is -0.176. The summed E-state index contributed by atoms with van der Waals surface area (Å²) in [5.74, 6) is 4.11. The number of rotatable bonds is 5. The molecule has 0 saturated heterocycles. The van der Waals surface area contributed by atoms with Crippen molar-refractivity contribution in [2.75, 3.05) is 7.11 Å². The van der Waals surface area contributed by atoms with E-state index in [9.17, 15) is 10.2 Å². The fourth-order valence-corrected chi connectivity index (χ4v) is 8.97. The molecule has 0 amide bonds. The second-order valence-corrected chi connectivity index (χ2v) is 11.7. The normalized spacial score (nSPS) is 50.3. The smallest absolute Gasteiger partial charge is 0.0851 e. The highest BCUT2D eigenvalue weighted by atomic mass is 16.5. The van der Waals surface area contributed by atoms with Crippen LogP contribution in [0.4, 0.5) is 0 Å². The van der Waals surface area contributed by atoms with Crippen LogP contribution in [0.5, 0.6) is 0 Å². The minimum atomic E-state index is -0.135. The van der Waals surface area contributed by atoms with Crippen molar-refractivity contribution < 1.29 is 14.9 Å². The van der Waals surface area contributed by atoms with E-state index in [1.165, 1.54) is 38.5 Å². The van der Waals surface area contributed by atoms with Crippen LogP contribution in [-0.4, -0.2) is 29.5 Å². The summed E-state index contributed by atoms with van der Waals surface area (Å²) in [5.41, 5.74) is 0.740. The lowest BCUT2D eigenvalue weighted by Gasteiger charge is -2.62. The minimum Gasteiger partial charge on any atom is -0.513 e. The van der Waals surface area contributed by atoms with Crippen molar-refractivity contribution in [3.63, 3.8) is 0 Å². The van der Waals surface area contributed by atoms with E-state index in [4.69, 9.17) is 4.74 Å². The molecule has 0 aromatic heterocycles. The molecule has 0 heterocycles. The van der Waals surface area contributed by atoms with Gasteiger partial charge in [-0.05, 0) is 104 Å². The van der Waals surface area contributed by atoms with Gasteiger partial charge in [0, 0.05) is 13.5 Å². The van der Waals surface area contributed by atoms with Crippen LogP contribution < -0.4 is 0 Å². The van der Waals surface area contributed by atoms with Crippen LogP contribution in [0.25, 0.3) is 0 Å². The van der Waals surface area contributed by atoms with Crippen molar-refractivity contribution in [3.05, 3.63) is 12.3 Å². The molecule has 4 fully saturated rings. The SMILES string of the molecule is C=C(O)CCC(C)C1CCC2C3C(O)CC4CC(OC)CCC4(C)C3CCC12C. The van der Waals surface area contributed by atoms with Gasteiger partial charge in [0.05, 0.1) is 18.0 Å². The number of allylic oxidation sites excluding steroid dienone is 1. The molecule has 4 aliphatic rings. The molecule has 3 nitrogen and oxygen atoms in total. The van der Waals surface area contributed by atoms with E-state index in [0.29, 0.717) is 52.3 Å². The summed E-state index contributed by atoms with van der Waals surface area (Å²) in [6, 6.07) is 0. The first-order chi connectivity index (χ1) is 13.7. The maximum absolute atomic E-state index is 11.4. The first-order valence-electron chi connectivity index (χ1n) is 12.3. The largest absolute Gasteiger partial charge is 0.513 e. The number of fused-ring (bicyclic) bond motifs is 5. The third kappa shape index (κ3) is 3.49. The van der Waals surface area contributed by atoms with Crippen LogP contribution >= 0.6 is 0 Å². The quantitative estimate of drug-likeness (QED) is 0.543. The van der Waals surface area contributed by atoms with E-state index >= 15 is 0 Å². The Morgan fingerprint density at radius 2 is 1.76 bits per heavy atom. The number of hydrogen-bond acceptors (Lipinski definition) is 3. The lowest BCUT2D eigenvalue weighted by Crippen LogP contribution is -2.58. The standard InChI is InChI=1S/C26H44O3/c1-16(6-7-17(2)27)20-8-9-21-24-22(11-13-26(20,21)4)25(3)12-10-19(29-5)14-18(25)15-23(24)28/h16,18-24,27-28H,2,6-15H2,1,3-5H3. The summed E-state index contributed by atoms with van der Waals surface area (Å²) >= 11 is 0. The highest BCUT2D eigenvalue weighted by Crippen LogP contribution is 2.68. The molecule has 0 aromatic rings. The van der Waals surface area contributed by atoms with Crippen molar-refractivity contribution in [2.45, 2.75) is 97.2 Å². The Kier molecular flexibility index (Phi) is 5.88. The van der Waals surface area contributed by atoms with Gasteiger partial charge in [0.1, 0.15) is 0 Å². The van der Waals surface area contributed by atoms with Crippen molar-refractivity contribution >= 4 is 0 Å². The topological polar surface area (TPSA) is 49.7 Å². The summed E-state index contributed by atoms with van der Waals surface area (Å²) in [7, 11) is 1.85. The average molecular weight is 405 g/mol. The first-order valence-corrected chi connectivity index (χ1v) is 12.3. The highest BCUT2D eigenvalue weighted by molar-refractivity contribution is 5.12. The zero-order valence-electron chi connectivity index (χ0n) is 19.2. The Morgan fingerprint density at radius 3 is 2.45 bits per heavy atom. The van der Waals surface area contributed by atoms with Gasteiger partial charge in [0.2, 0.25) is 0 Å². The Morgan fingerprint density at radius 1 is 1.07 bits per heavy atom. The molecule has 4 saturated carbocycles. The summed E-state index contributed by atoms with van der Waals surface area (Å²) in [6.45, 7) is 11.2. The molecule has 10 atom stereocenters. The zero-order valence-corrected chi connectivity index (χ0v) is 19.2. The van der Waals surface area contributed by atoms with Crippen LogP contribution in [0.1, 0.15) is 85.0 Å². The van der Waals surface area contributed by atoms with E-state index in [-0.39, 0.29) is 6.10 Å². The monoisotopic (exact) mass is 404 g/mol. The van der Waals surface area contributed by atoms with Crippen LogP contribution in [0.3, 0.4) is 0 Å². The Bertz CT molecular complexity index is 617. The molecule has 2 N–H and O–H groups in total. The van der Waals surface area contributed by atoms with Gasteiger partial charge in [0.15, 0.2) is 0 Å². The van der Waals surface area contributed by atoms with Gasteiger partial charge in [-0.25, -0.2) is 0 Å². The second-order valence-electron chi connectivity index (χ2n) is 11.7. The summed E-state index contributed by atoms with van der Waals surface area (Å²) in [5, 5.41) is 21.0. The van der Waals surface area contributed by atoms with Crippen LogP contribution in [0, 0.1) is 46.3 Å².